The van der Waals surface area contributed by atoms with Gasteiger partial charge in [-0.3, -0.25) is 13.4 Å². The van der Waals surface area contributed by atoms with Crippen molar-refractivity contribution in [3.63, 3.8) is 0 Å². The lowest BCUT2D eigenvalue weighted by Gasteiger charge is -2.17. The van der Waals surface area contributed by atoms with E-state index in [1.165, 1.54) is 0 Å². The average molecular weight is 711 g/mol. The number of aromatic nitrogens is 1. The lowest BCUT2D eigenvalue weighted by Crippen LogP contribution is -2.18. The molecule has 0 saturated heterocycles. The standard InChI is InChI=1S/C44H45BF2N4O2/c1-31-29-37(23-15-34-16-24-38(25-17-34)49(3)4)48-43(31)42(36-21-13-33(14-22-36)11-9-7-8-10-12-41(52)53)44-32(2)30-40(51(44)45(46)47)28-20-35-18-26-39(27-19-35)50(5)6/h13-30H,7-8,10,12H2,1-6H3,(H,52,53)/b23-15-,28-20+,43-42-. The van der Waals surface area contributed by atoms with Crippen molar-refractivity contribution in [2.45, 2.75) is 39.5 Å². The zero-order chi connectivity index (χ0) is 38.1. The highest BCUT2D eigenvalue weighted by atomic mass is 19.2. The number of hydrogen-bond donors (Lipinski definition) is 1. The molecule has 3 aromatic carbocycles. The van der Waals surface area contributed by atoms with Gasteiger partial charge in [0.1, 0.15) is 0 Å². The molecule has 5 rings (SSSR count). The van der Waals surface area contributed by atoms with Gasteiger partial charge in [0, 0.05) is 74.9 Å². The van der Waals surface area contributed by atoms with E-state index in [0.717, 1.165) is 49.4 Å². The Hall–Kier alpha value is -5.88. The molecule has 1 aliphatic rings. The molecule has 4 aromatic rings. The predicted molar refractivity (Wildman–Crippen MR) is 219 cm³/mol. The second-order valence-corrected chi connectivity index (χ2v) is 13.5. The largest absolute Gasteiger partial charge is 0.678 e. The molecule has 1 N–H and O–H groups in total. The van der Waals surface area contributed by atoms with E-state index in [0.29, 0.717) is 47.5 Å². The van der Waals surface area contributed by atoms with E-state index in [-0.39, 0.29) is 6.42 Å². The molecule has 1 aromatic heterocycles. The van der Waals surface area contributed by atoms with Crippen molar-refractivity contribution in [2.24, 2.45) is 4.99 Å². The highest BCUT2D eigenvalue weighted by molar-refractivity contribution is 6.42. The van der Waals surface area contributed by atoms with Gasteiger partial charge in [0.2, 0.25) is 0 Å². The quantitative estimate of drug-likeness (QED) is 0.0853. The van der Waals surface area contributed by atoms with Crippen molar-refractivity contribution in [3.05, 3.63) is 141 Å². The summed E-state index contributed by atoms with van der Waals surface area (Å²) in [6.45, 7) is 3.82. The smallest absolute Gasteiger partial charge is 0.481 e. The zero-order valence-electron chi connectivity index (χ0n) is 31.2. The van der Waals surface area contributed by atoms with Crippen LogP contribution in [0.3, 0.4) is 0 Å². The van der Waals surface area contributed by atoms with Crippen molar-refractivity contribution in [3.8, 4) is 11.8 Å². The molecular formula is C44H45BF2N4O2. The third-order valence-electron chi connectivity index (χ3n) is 8.97. The van der Waals surface area contributed by atoms with E-state index in [2.05, 4.69) is 24.0 Å². The van der Waals surface area contributed by atoms with Gasteiger partial charge in [-0.05, 0) is 115 Å². The summed E-state index contributed by atoms with van der Waals surface area (Å²) in [7, 11) is 5.14. The Bertz CT molecular complexity index is 2140. The number of aliphatic imine (C=N–C) groups is 1. The third-order valence-corrected chi connectivity index (χ3v) is 8.97. The minimum atomic E-state index is -2.81. The molecule has 1 aliphatic heterocycles. The Labute approximate surface area is 312 Å². The Morgan fingerprint density at radius 3 is 1.96 bits per heavy atom. The molecule has 9 heteroatoms. The van der Waals surface area contributed by atoms with E-state index in [1.54, 1.807) is 12.1 Å². The maximum absolute atomic E-state index is 15.2. The highest BCUT2D eigenvalue weighted by Crippen LogP contribution is 2.38. The van der Waals surface area contributed by atoms with Gasteiger partial charge in [0.05, 0.1) is 11.4 Å². The summed E-state index contributed by atoms with van der Waals surface area (Å²) in [5.41, 5.74) is 9.93. The van der Waals surface area contributed by atoms with E-state index < -0.39 is 13.4 Å². The minimum absolute atomic E-state index is 0.132. The summed E-state index contributed by atoms with van der Waals surface area (Å²) in [5, 5.41) is 8.87. The number of hydrogen-bond acceptors (Lipinski definition) is 4. The molecule has 6 nitrogen and oxygen atoms in total. The van der Waals surface area contributed by atoms with Crippen LogP contribution in [0.2, 0.25) is 0 Å². The van der Waals surface area contributed by atoms with Gasteiger partial charge in [0.25, 0.3) is 0 Å². The van der Waals surface area contributed by atoms with Gasteiger partial charge in [0.15, 0.2) is 0 Å². The number of aryl methyl sites for hydroxylation is 1. The number of halogens is 2. The second kappa shape index (κ2) is 17.6. The highest BCUT2D eigenvalue weighted by Gasteiger charge is 2.30. The van der Waals surface area contributed by atoms with Crippen LogP contribution >= 0.6 is 0 Å². The first-order chi connectivity index (χ1) is 25.4. The SMILES string of the molecule is CC1=CC(/C=C\c2ccc(N(C)C)cc2)=NC/1=C(/c1ccc(C#CCCCCC(=O)O)cc1)c1c(C)cc(/C=C/c2ccc(N(C)C)cc2)n1B(F)F. The van der Waals surface area contributed by atoms with Crippen molar-refractivity contribution in [2.75, 3.05) is 38.0 Å². The van der Waals surface area contributed by atoms with Crippen LogP contribution in [0.1, 0.15) is 71.8 Å². The molecular weight excluding hydrogens is 665 g/mol. The van der Waals surface area contributed by atoms with Crippen molar-refractivity contribution < 1.29 is 18.5 Å². The van der Waals surface area contributed by atoms with E-state index in [9.17, 15) is 4.79 Å². The summed E-state index contributed by atoms with van der Waals surface area (Å²) in [6, 6.07) is 25.5. The number of carbonyl (C=O) groups is 1. The molecule has 0 fully saturated rings. The van der Waals surface area contributed by atoms with Crippen molar-refractivity contribution in [1.82, 2.24) is 4.48 Å². The number of anilines is 2. The van der Waals surface area contributed by atoms with Gasteiger partial charge < -0.3 is 19.4 Å². The maximum Gasteiger partial charge on any atom is 0.678 e. The van der Waals surface area contributed by atoms with Crippen LogP contribution in [0.4, 0.5) is 20.0 Å². The first kappa shape index (κ1) is 38.4. The summed E-state index contributed by atoms with van der Waals surface area (Å²) >= 11 is 0. The fourth-order valence-corrected chi connectivity index (χ4v) is 6.10. The molecule has 0 saturated carbocycles. The van der Waals surface area contributed by atoms with Gasteiger partial charge in [-0.15, -0.1) is 0 Å². The maximum atomic E-state index is 15.2. The summed E-state index contributed by atoms with van der Waals surface area (Å²) in [5.74, 6) is 5.47. The normalized spacial score (nSPS) is 13.5. The van der Waals surface area contributed by atoms with Gasteiger partial charge in [-0.25, -0.2) is 4.99 Å². The molecule has 0 atom stereocenters. The van der Waals surface area contributed by atoms with Gasteiger partial charge in [-0.1, -0.05) is 60.4 Å². The molecule has 0 bridgehead atoms. The van der Waals surface area contributed by atoms with Crippen LogP contribution < -0.4 is 9.80 Å². The number of benzene rings is 3. The van der Waals surface area contributed by atoms with Crippen LogP contribution in [0.5, 0.6) is 0 Å². The number of rotatable bonds is 13. The first-order valence-electron chi connectivity index (χ1n) is 17.7. The number of aliphatic carboxylic acids is 1. The Morgan fingerprint density at radius 1 is 0.830 bits per heavy atom. The average Bonchev–Trinajstić information content (AvgIpc) is 3.67. The summed E-state index contributed by atoms with van der Waals surface area (Å²) < 4.78 is 31.5. The van der Waals surface area contributed by atoms with E-state index in [1.807, 2.05) is 137 Å². The van der Waals surface area contributed by atoms with Crippen molar-refractivity contribution in [1.29, 1.82) is 0 Å². The monoisotopic (exact) mass is 710 g/mol. The first-order valence-corrected chi connectivity index (χ1v) is 17.7. The number of carboxylic acids is 1. The molecule has 0 amide bonds. The second-order valence-electron chi connectivity index (χ2n) is 13.5. The van der Waals surface area contributed by atoms with E-state index in [4.69, 9.17) is 10.1 Å². The molecule has 0 radical (unpaired) electrons. The van der Waals surface area contributed by atoms with Crippen LogP contribution in [0, 0.1) is 18.8 Å². The van der Waals surface area contributed by atoms with Gasteiger partial charge >= 0.3 is 13.4 Å². The molecule has 2 heterocycles. The molecule has 270 valence electrons. The van der Waals surface area contributed by atoms with Crippen LogP contribution in [0.15, 0.2) is 107 Å². The molecule has 53 heavy (non-hydrogen) atoms. The fourth-order valence-electron chi connectivity index (χ4n) is 6.10. The lowest BCUT2D eigenvalue weighted by molar-refractivity contribution is -0.137. The topological polar surface area (TPSA) is 61.1 Å². The summed E-state index contributed by atoms with van der Waals surface area (Å²) in [6.07, 6.45) is 11.5. The number of unbranched alkanes of at least 4 members (excludes halogenated alkanes) is 2. The lowest BCUT2D eigenvalue weighted by atomic mass is 9.94. The summed E-state index contributed by atoms with van der Waals surface area (Å²) in [4.78, 5) is 19.9. The predicted octanol–water partition coefficient (Wildman–Crippen LogP) is 9.74. The zero-order valence-corrected chi connectivity index (χ0v) is 31.2. The van der Waals surface area contributed by atoms with Gasteiger partial charge in [-0.2, -0.15) is 0 Å². The minimum Gasteiger partial charge on any atom is -0.481 e. The van der Waals surface area contributed by atoms with Crippen LogP contribution in [-0.2, 0) is 4.79 Å². The van der Waals surface area contributed by atoms with Crippen molar-refractivity contribution >= 4 is 54.3 Å². The Balaban J connectivity index is 1.56. The van der Waals surface area contributed by atoms with Crippen LogP contribution in [-0.4, -0.2) is 56.9 Å². The third kappa shape index (κ3) is 9.92. The number of nitrogens with zero attached hydrogens (tertiary/aromatic N) is 4. The molecule has 0 unspecified atom stereocenters. The Kier molecular flexibility index (Phi) is 12.7. The van der Waals surface area contributed by atoms with Crippen LogP contribution in [0.25, 0.3) is 23.8 Å². The molecule has 0 spiro atoms. The fraction of sp³-hybridized carbons (Fsp3) is 0.227. The van der Waals surface area contributed by atoms with E-state index >= 15 is 8.63 Å². The Morgan fingerprint density at radius 2 is 1.42 bits per heavy atom. The number of allylic oxidation sites excluding steroid dienone is 3. The molecule has 0 aliphatic carbocycles. The number of carboxylic acid groups (broad SMARTS) is 1.